The van der Waals surface area contributed by atoms with Crippen molar-refractivity contribution in [1.82, 2.24) is 9.97 Å². The molecule has 3 N–H and O–H groups in total. The Bertz CT molecular complexity index is 580. The van der Waals surface area contributed by atoms with Crippen LogP contribution in [-0.2, 0) is 6.42 Å². The Morgan fingerprint density at radius 3 is 3.06 bits per heavy atom. The largest absolute Gasteiger partial charge is 0.399 e. The summed E-state index contributed by atoms with van der Waals surface area (Å²) in [6.07, 6.45) is 3.91. The average Bonchev–Trinajstić information content (AvgIpc) is 2.72. The molecule has 0 aliphatic heterocycles. The molecule has 1 aliphatic carbocycles. The maximum atomic E-state index is 5.80. The number of nitrogens with one attached hydrogen (secondary N) is 1. The molecule has 0 radical (unpaired) electrons. The fourth-order valence-corrected chi connectivity index (χ4v) is 2.46. The summed E-state index contributed by atoms with van der Waals surface area (Å²) in [7, 11) is 0. The summed E-state index contributed by atoms with van der Waals surface area (Å²) < 4.78 is 0. The Balaban J connectivity index is 1.85. The predicted molar refractivity (Wildman–Crippen MR) is 72.3 cm³/mol. The third kappa shape index (κ3) is 2.01. The predicted octanol–water partition coefficient (Wildman–Crippen LogP) is 2.47. The molecular weight excluding hydrogens is 224 g/mol. The van der Waals surface area contributed by atoms with E-state index in [9.17, 15) is 0 Å². The zero-order valence-corrected chi connectivity index (χ0v) is 10.4. The van der Waals surface area contributed by atoms with Crippen LogP contribution < -0.4 is 11.1 Å². The summed E-state index contributed by atoms with van der Waals surface area (Å²) in [6.45, 7) is 1.97. The molecule has 18 heavy (non-hydrogen) atoms. The molecule has 4 nitrogen and oxygen atoms in total. The molecule has 0 saturated carbocycles. The number of nitrogens with two attached hydrogens (primary N) is 1. The molecule has 0 fully saturated rings. The highest BCUT2D eigenvalue weighted by molar-refractivity contribution is 5.49. The van der Waals surface area contributed by atoms with Gasteiger partial charge in [-0.15, -0.1) is 0 Å². The Morgan fingerprint density at radius 2 is 2.22 bits per heavy atom. The van der Waals surface area contributed by atoms with Crippen molar-refractivity contribution >= 4 is 11.6 Å². The average molecular weight is 240 g/mol. The van der Waals surface area contributed by atoms with Crippen molar-refractivity contribution < 1.29 is 0 Å². The number of rotatable bonds is 2. The molecule has 0 saturated heterocycles. The standard InChI is InChI=1S/C14H16N4/c1-9-6-7-16-14(17-9)18-13-5-2-10-8-11(15)3-4-12(10)13/h3-4,6-8,13H,2,5,15H2,1H3,(H,16,17,18). The number of fused-ring (bicyclic) bond motifs is 1. The molecule has 2 aromatic rings. The lowest BCUT2D eigenvalue weighted by atomic mass is 10.1. The van der Waals surface area contributed by atoms with Crippen LogP contribution in [0.25, 0.3) is 0 Å². The summed E-state index contributed by atoms with van der Waals surface area (Å²) in [4.78, 5) is 8.63. The minimum absolute atomic E-state index is 0.294. The van der Waals surface area contributed by atoms with Gasteiger partial charge >= 0.3 is 0 Å². The van der Waals surface area contributed by atoms with E-state index in [-0.39, 0.29) is 0 Å². The van der Waals surface area contributed by atoms with Crippen molar-refractivity contribution in [2.24, 2.45) is 0 Å². The zero-order chi connectivity index (χ0) is 12.5. The van der Waals surface area contributed by atoms with Gasteiger partial charge in [-0.2, -0.15) is 0 Å². The number of hydrogen-bond acceptors (Lipinski definition) is 4. The first kappa shape index (κ1) is 11.0. The van der Waals surface area contributed by atoms with E-state index >= 15 is 0 Å². The molecule has 92 valence electrons. The summed E-state index contributed by atoms with van der Waals surface area (Å²) in [6, 6.07) is 8.31. The second kappa shape index (κ2) is 4.29. The Labute approximate surface area is 106 Å². The highest BCUT2D eigenvalue weighted by atomic mass is 15.1. The summed E-state index contributed by atoms with van der Waals surface area (Å²) in [5.74, 6) is 0.699. The second-order valence-corrected chi connectivity index (χ2v) is 4.72. The number of nitrogens with zero attached hydrogens (tertiary/aromatic N) is 2. The topological polar surface area (TPSA) is 63.8 Å². The van der Waals surface area contributed by atoms with Gasteiger partial charge in [-0.05, 0) is 49.1 Å². The number of aromatic nitrogens is 2. The van der Waals surface area contributed by atoms with E-state index < -0.39 is 0 Å². The van der Waals surface area contributed by atoms with Gasteiger partial charge in [0.05, 0.1) is 6.04 Å². The van der Waals surface area contributed by atoms with Crippen LogP contribution in [0.1, 0.15) is 29.3 Å². The minimum Gasteiger partial charge on any atom is -0.399 e. The van der Waals surface area contributed by atoms with Crippen molar-refractivity contribution in [2.75, 3.05) is 11.1 Å². The molecule has 0 spiro atoms. The van der Waals surface area contributed by atoms with E-state index in [1.807, 2.05) is 19.1 Å². The summed E-state index contributed by atoms with van der Waals surface area (Å²) in [5, 5.41) is 3.39. The van der Waals surface area contributed by atoms with Crippen LogP contribution in [0.3, 0.4) is 0 Å². The van der Waals surface area contributed by atoms with E-state index in [1.165, 1.54) is 11.1 Å². The maximum absolute atomic E-state index is 5.80. The van der Waals surface area contributed by atoms with Gasteiger partial charge in [-0.1, -0.05) is 6.07 Å². The molecule has 1 aliphatic rings. The van der Waals surface area contributed by atoms with Crippen molar-refractivity contribution in [2.45, 2.75) is 25.8 Å². The molecular formula is C14H16N4. The van der Waals surface area contributed by atoms with E-state index in [1.54, 1.807) is 6.20 Å². The Kier molecular flexibility index (Phi) is 2.63. The molecule has 0 bridgehead atoms. The Hall–Kier alpha value is -2.10. The van der Waals surface area contributed by atoms with Crippen LogP contribution in [0.4, 0.5) is 11.6 Å². The quantitative estimate of drug-likeness (QED) is 0.791. The molecule has 1 aromatic heterocycles. The van der Waals surface area contributed by atoms with Crippen molar-refractivity contribution in [1.29, 1.82) is 0 Å². The molecule has 1 atom stereocenters. The first-order valence-corrected chi connectivity index (χ1v) is 6.17. The van der Waals surface area contributed by atoms with Gasteiger partial charge in [0.1, 0.15) is 0 Å². The normalized spacial score (nSPS) is 17.5. The number of anilines is 2. The lowest BCUT2D eigenvalue weighted by molar-refractivity contribution is 0.750. The summed E-state index contributed by atoms with van der Waals surface area (Å²) in [5.41, 5.74) is 10.3. The molecule has 0 amide bonds. The number of hydrogen-bond donors (Lipinski definition) is 2. The van der Waals surface area contributed by atoms with Crippen LogP contribution in [-0.4, -0.2) is 9.97 Å². The lowest BCUT2D eigenvalue weighted by Crippen LogP contribution is -2.10. The van der Waals surface area contributed by atoms with Crippen LogP contribution in [0.5, 0.6) is 0 Å². The molecule has 1 aromatic carbocycles. The van der Waals surface area contributed by atoms with Gasteiger partial charge < -0.3 is 11.1 Å². The SMILES string of the molecule is Cc1ccnc(NC2CCc3cc(N)ccc32)n1. The van der Waals surface area contributed by atoms with Gasteiger partial charge in [0.15, 0.2) is 0 Å². The van der Waals surface area contributed by atoms with Gasteiger partial charge in [0.25, 0.3) is 0 Å². The molecule has 1 unspecified atom stereocenters. The monoisotopic (exact) mass is 240 g/mol. The maximum Gasteiger partial charge on any atom is 0.223 e. The first-order valence-electron chi connectivity index (χ1n) is 6.17. The highest BCUT2D eigenvalue weighted by Gasteiger charge is 2.22. The number of benzene rings is 1. The number of aryl methyl sites for hydroxylation is 2. The summed E-state index contributed by atoms with van der Waals surface area (Å²) >= 11 is 0. The van der Waals surface area contributed by atoms with Crippen LogP contribution >= 0.6 is 0 Å². The van der Waals surface area contributed by atoms with Crippen LogP contribution in [0, 0.1) is 6.92 Å². The van der Waals surface area contributed by atoms with E-state index in [0.717, 1.165) is 24.2 Å². The van der Waals surface area contributed by atoms with Crippen LogP contribution in [0.15, 0.2) is 30.5 Å². The Morgan fingerprint density at radius 1 is 1.33 bits per heavy atom. The highest BCUT2D eigenvalue weighted by Crippen LogP contribution is 2.34. The van der Waals surface area contributed by atoms with Gasteiger partial charge in [-0.3, -0.25) is 0 Å². The van der Waals surface area contributed by atoms with Gasteiger partial charge in [-0.25, -0.2) is 9.97 Å². The smallest absolute Gasteiger partial charge is 0.223 e. The van der Waals surface area contributed by atoms with Crippen LogP contribution in [0.2, 0.25) is 0 Å². The first-order chi connectivity index (χ1) is 8.72. The third-order valence-electron chi connectivity index (χ3n) is 3.34. The number of nitrogen functional groups attached to an aromatic ring is 1. The van der Waals surface area contributed by atoms with Gasteiger partial charge in [0, 0.05) is 17.6 Å². The van der Waals surface area contributed by atoms with E-state index in [4.69, 9.17) is 5.73 Å². The van der Waals surface area contributed by atoms with Crippen molar-refractivity contribution in [3.63, 3.8) is 0 Å². The van der Waals surface area contributed by atoms with E-state index in [2.05, 4.69) is 27.4 Å². The molecule has 4 heteroatoms. The fraction of sp³-hybridized carbons (Fsp3) is 0.286. The van der Waals surface area contributed by atoms with Crippen molar-refractivity contribution in [3.05, 3.63) is 47.3 Å². The minimum atomic E-state index is 0.294. The van der Waals surface area contributed by atoms with Crippen molar-refractivity contribution in [3.8, 4) is 0 Å². The zero-order valence-electron chi connectivity index (χ0n) is 10.4. The van der Waals surface area contributed by atoms with Gasteiger partial charge in [0.2, 0.25) is 5.95 Å². The molecule has 3 rings (SSSR count). The molecule has 1 heterocycles. The lowest BCUT2D eigenvalue weighted by Gasteiger charge is -2.14. The second-order valence-electron chi connectivity index (χ2n) is 4.72. The van der Waals surface area contributed by atoms with E-state index in [0.29, 0.717) is 12.0 Å². The fourth-order valence-electron chi connectivity index (χ4n) is 2.46. The third-order valence-corrected chi connectivity index (χ3v) is 3.34.